The van der Waals surface area contributed by atoms with Crippen molar-refractivity contribution in [2.45, 2.75) is 92.8 Å². The first kappa shape index (κ1) is 25.4. The highest BCUT2D eigenvalue weighted by atomic mass is 16.6. The van der Waals surface area contributed by atoms with Gasteiger partial charge in [-0.25, -0.2) is 0 Å². The van der Waals surface area contributed by atoms with Crippen molar-refractivity contribution in [2.24, 2.45) is 28.6 Å². The van der Waals surface area contributed by atoms with Gasteiger partial charge in [-0.05, 0) is 55.8 Å². The average molecular weight is 437 g/mol. The summed E-state index contributed by atoms with van der Waals surface area (Å²) in [5.41, 5.74) is 0.892. The molecule has 6 heteroatoms. The fraction of sp³-hybridized carbons (Fsp3) is 0.800. The molecular formula is C25H40O6. The van der Waals surface area contributed by atoms with E-state index in [-0.39, 0.29) is 40.6 Å². The topological polar surface area (TPSA) is 78.9 Å². The van der Waals surface area contributed by atoms with Crippen LogP contribution in [-0.2, 0) is 28.6 Å². The van der Waals surface area contributed by atoms with Crippen LogP contribution in [0.3, 0.4) is 0 Å². The molecule has 0 aromatic heterocycles. The Morgan fingerprint density at radius 1 is 1.13 bits per heavy atom. The van der Waals surface area contributed by atoms with Crippen molar-refractivity contribution in [3.05, 3.63) is 11.6 Å². The molecule has 176 valence electrons. The molecule has 6 atom stereocenters. The average Bonchev–Trinajstić information content (AvgIpc) is 2.63. The highest BCUT2D eigenvalue weighted by Crippen LogP contribution is 2.61. The molecule has 0 spiro atoms. The predicted molar refractivity (Wildman–Crippen MR) is 118 cm³/mol. The van der Waals surface area contributed by atoms with Crippen LogP contribution in [0.2, 0.25) is 0 Å². The number of carbonyl (C=O) groups excluding carboxylic acids is 3. The molecule has 0 saturated heterocycles. The van der Waals surface area contributed by atoms with Gasteiger partial charge in [0, 0.05) is 25.7 Å². The van der Waals surface area contributed by atoms with Gasteiger partial charge in [0.05, 0.1) is 7.11 Å². The largest absolute Gasteiger partial charge is 0.469 e. The number of carbonyl (C=O) groups is 3. The molecule has 0 amide bonds. The van der Waals surface area contributed by atoms with E-state index in [0.717, 1.165) is 19.3 Å². The summed E-state index contributed by atoms with van der Waals surface area (Å²) in [5.74, 6) is -0.0621. The normalized spacial score (nSPS) is 32.8. The summed E-state index contributed by atoms with van der Waals surface area (Å²) in [4.78, 5) is 35.4. The zero-order valence-corrected chi connectivity index (χ0v) is 20.4. The molecule has 1 fully saturated rings. The van der Waals surface area contributed by atoms with Gasteiger partial charge in [-0.3, -0.25) is 14.4 Å². The summed E-state index contributed by atoms with van der Waals surface area (Å²) in [5, 5.41) is 0. The summed E-state index contributed by atoms with van der Waals surface area (Å²) >= 11 is 0. The van der Waals surface area contributed by atoms with Crippen molar-refractivity contribution in [1.29, 1.82) is 0 Å². The summed E-state index contributed by atoms with van der Waals surface area (Å²) < 4.78 is 16.3. The molecular weight excluding hydrogens is 396 g/mol. The van der Waals surface area contributed by atoms with E-state index in [9.17, 15) is 14.4 Å². The van der Waals surface area contributed by atoms with Crippen LogP contribution >= 0.6 is 0 Å². The second-order valence-electron chi connectivity index (χ2n) is 10.5. The third-order valence-corrected chi connectivity index (χ3v) is 7.73. The maximum Gasteiger partial charge on any atom is 0.305 e. The van der Waals surface area contributed by atoms with Crippen molar-refractivity contribution >= 4 is 17.9 Å². The van der Waals surface area contributed by atoms with Crippen molar-refractivity contribution < 1.29 is 28.6 Å². The van der Waals surface area contributed by atoms with E-state index in [1.54, 1.807) is 0 Å². The third-order valence-electron chi connectivity index (χ3n) is 7.73. The molecule has 0 bridgehead atoms. The summed E-state index contributed by atoms with van der Waals surface area (Å²) in [7, 11) is 1.42. The maximum atomic E-state index is 11.9. The molecule has 2 aliphatic rings. The Morgan fingerprint density at radius 3 is 2.29 bits per heavy atom. The molecule has 0 aromatic rings. The number of ether oxygens (including phenoxy) is 3. The molecule has 1 saturated carbocycles. The van der Waals surface area contributed by atoms with Gasteiger partial charge in [-0.1, -0.05) is 39.3 Å². The number of methoxy groups -OCH3 is 1. The lowest BCUT2D eigenvalue weighted by molar-refractivity contribution is -0.212. The van der Waals surface area contributed by atoms with Gasteiger partial charge in [0.1, 0.15) is 12.2 Å². The molecule has 0 heterocycles. The van der Waals surface area contributed by atoms with Crippen LogP contribution in [0, 0.1) is 28.6 Å². The zero-order chi connectivity index (χ0) is 23.6. The molecule has 6 nitrogen and oxygen atoms in total. The lowest BCUT2D eigenvalue weighted by Crippen LogP contribution is -2.61. The quantitative estimate of drug-likeness (QED) is 0.323. The molecule has 31 heavy (non-hydrogen) atoms. The minimum Gasteiger partial charge on any atom is -0.469 e. The first-order chi connectivity index (χ1) is 14.3. The van der Waals surface area contributed by atoms with Crippen LogP contribution in [-0.4, -0.2) is 37.2 Å². The van der Waals surface area contributed by atoms with Gasteiger partial charge in [-0.2, -0.15) is 0 Å². The number of fused-ring (bicyclic) bond motifs is 1. The summed E-state index contributed by atoms with van der Waals surface area (Å²) in [6.07, 6.45) is 5.22. The van der Waals surface area contributed by atoms with Gasteiger partial charge in [0.15, 0.2) is 0 Å². The van der Waals surface area contributed by atoms with Crippen LogP contribution in [0.4, 0.5) is 0 Å². The molecule has 0 aliphatic heterocycles. The molecule has 6 unspecified atom stereocenters. The Kier molecular flexibility index (Phi) is 7.99. The molecule has 0 aromatic carbocycles. The van der Waals surface area contributed by atoms with Gasteiger partial charge in [0.25, 0.3) is 0 Å². The van der Waals surface area contributed by atoms with Crippen LogP contribution in [0.15, 0.2) is 11.6 Å². The van der Waals surface area contributed by atoms with Gasteiger partial charge < -0.3 is 14.2 Å². The second kappa shape index (κ2) is 9.74. The Balaban J connectivity index is 2.34. The lowest BCUT2D eigenvalue weighted by Gasteiger charge is -2.60. The van der Waals surface area contributed by atoms with Crippen LogP contribution in [0.1, 0.15) is 80.6 Å². The Hall–Kier alpha value is -1.85. The highest BCUT2D eigenvalue weighted by Gasteiger charge is 2.60. The summed E-state index contributed by atoms with van der Waals surface area (Å²) in [6, 6.07) is 0. The van der Waals surface area contributed by atoms with E-state index in [0.29, 0.717) is 18.8 Å². The van der Waals surface area contributed by atoms with E-state index < -0.39 is 12.2 Å². The SMILES string of the molecule is COC(=O)CC(C)CCC1C(C)=CCC2C(C)(C)C(OC(C)=O)C(OC(C)=O)CC12C. The van der Waals surface area contributed by atoms with Gasteiger partial charge >= 0.3 is 17.9 Å². The first-order valence-electron chi connectivity index (χ1n) is 11.4. The predicted octanol–water partition coefficient (Wildman–Crippen LogP) is 4.85. The molecule has 0 N–H and O–H groups in total. The minimum absolute atomic E-state index is 0.107. The lowest BCUT2D eigenvalue weighted by atomic mass is 9.46. The van der Waals surface area contributed by atoms with E-state index in [1.807, 2.05) is 0 Å². The molecule has 0 radical (unpaired) electrons. The Morgan fingerprint density at radius 2 is 1.74 bits per heavy atom. The zero-order valence-electron chi connectivity index (χ0n) is 20.4. The Bertz CT molecular complexity index is 724. The van der Waals surface area contributed by atoms with Crippen molar-refractivity contribution in [3.63, 3.8) is 0 Å². The van der Waals surface area contributed by atoms with Crippen molar-refractivity contribution in [3.8, 4) is 0 Å². The van der Waals surface area contributed by atoms with Gasteiger partial charge in [0.2, 0.25) is 0 Å². The standard InChI is InChI=1S/C25H40O6/c1-15(13-22(28)29-8)9-11-19-16(2)10-12-21-24(5,6)23(31-18(4)27)20(30-17(3)26)14-25(19,21)7/h10,15,19-21,23H,9,11-14H2,1-8H3. The van der Waals surface area contributed by atoms with E-state index in [1.165, 1.54) is 26.5 Å². The smallest absolute Gasteiger partial charge is 0.305 e. The number of hydrogen-bond acceptors (Lipinski definition) is 6. The first-order valence-corrected chi connectivity index (χ1v) is 11.4. The molecule has 2 rings (SSSR count). The van der Waals surface area contributed by atoms with Crippen LogP contribution in [0.25, 0.3) is 0 Å². The monoisotopic (exact) mass is 436 g/mol. The van der Waals surface area contributed by atoms with Gasteiger partial charge in [-0.15, -0.1) is 0 Å². The number of hydrogen-bond donors (Lipinski definition) is 0. The molecule has 2 aliphatic carbocycles. The fourth-order valence-corrected chi connectivity index (χ4v) is 6.34. The third kappa shape index (κ3) is 5.50. The Labute approximate surface area is 187 Å². The van der Waals surface area contributed by atoms with E-state index in [4.69, 9.17) is 14.2 Å². The van der Waals surface area contributed by atoms with Crippen LogP contribution in [0.5, 0.6) is 0 Å². The van der Waals surface area contributed by atoms with E-state index >= 15 is 0 Å². The van der Waals surface area contributed by atoms with Crippen molar-refractivity contribution in [1.82, 2.24) is 0 Å². The van der Waals surface area contributed by atoms with Crippen molar-refractivity contribution in [2.75, 3.05) is 7.11 Å². The van der Waals surface area contributed by atoms with E-state index in [2.05, 4.69) is 40.7 Å². The number of rotatable bonds is 7. The minimum atomic E-state index is -0.474. The second-order valence-corrected chi connectivity index (χ2v) is 10.5. The number of esters is 3. The fourth-order valence-electron chi connectivity index (χ4n) is 6.34. The highest BCUT2D eigenvalue weighted by molar-refractivity contribution is 5.69. The number of allylic oxidation sites excluding steroid dienone is 2. The summed E-state index contributed by atoms with van der Waals surface area (Å²) in [6.45, 7) is 13.6. The maximum absolute atomic E-state index is 11.9. The van der Waals surface area contributed by atoms with Crippen LogP contribution < -0.4 is 0 Å².